The Morgan fingerprint density at radius 1 is 1.15 bits per heavy atom. The van der Waals surface area contributed by atoms with Crippen LogP contribution in [0.2, 0.25) is 0 Å². The average molecular weight is 264 g/mol. The van der Waals surface area contributed by atoms with Gasteiger partial charge in [-0.15, -0.1) is 0 Å². The van der Waals surface area contributed by atoms with E-state index in [0.717, 1.165) is 16.7 Å². The number of nitrogens with zero attached hydrogens (tertiary/aromatic N) is 1. The summed E-state index contributed by atoms with van der Waals surface area (Å²) in [6.07, 6.45) is 3.83. The summed E-state index contributed by atoms with van der Waals surface area (Å²) < 4.78 is 0. The molecule has 0 radical (unpaired) electrons. The summed E-state index contributed by atoms with van der Waals surface area (Å²) >= 11 is 0. The summed E-state index contributed by atoms with van der Waals surface area (Å²) in [6.45, 7) is 1.86. The van der Waals surface area contributed by atoms with Crippen molar-refractivity contribution in [2.75, 3.05) is 0 Å². The van der Waals surface area contributed by atoms with Gasteiger partial charge in [0.25, 0.3) is 0 Å². The largest absolute Gasteiger partial charge is 0.316 e. The second kappa shape index (κ2) is 6.67. The fourth-order valence-electron chi connectivity index (χ4n) is 1.89. The number of nitriles is 1. The van der Waals surface area contributed by atoms with Crippen LogP contribution in [0.25, 0.3) is 17.2 Å². The van der Waals surface area contributed by atoms with Crippen LogP contribution in [0, 0.1) is 11.3 Å². The number of nitrogens with one attached hydrogen (secondary N) is 1. The molecule has 0 spiro atoms. The number of hydroxylamine groups is 1. The number of rotatable bonds is 4. The van der Waals surface area contributed by atoms with E-state index in [2.05, 4.69) is 17.6 Å². The van der Waals surface area contributed by atoms with Gasteiger partial charge < -0.3 is 5.21 Å². The first kappa shape index (κ1) is 14.0. The van der Waals surface area contributed by atoms with E-state index in [9.17, 15) is 0 Å². The summed E-state index contributed by atoms with van der Waals surface area (Å²) in [5.74, 6) is 0. The molecule has 20 heavy (non-hydrogen) atoms. The molecule has 3 nitrogen and oxygen atoms in total. The van der Waals surface area contributed by atoms with Gasteiger partial charge in [-0.25, -0.2) is 0 Å². The maximum Gasteiger partial charge on any atom is 0.0991 e. The molecule has 0 fully saturated rings. The average Bonchev–Trinajstić information content (AvgIpc) is 2.53. The second-order valence-electron chi connectivity index (χ2n) is 4.59. The summed E-state index contributed by atoms with van der Waals surface area (Å²) in [5, 5.41) is 17.7. The summed E-state index contributed by atoms with van der Waals surface area (Å²) in [6, 6.07) is 17.6. The van der Waals surface area contributed by atoms with E-state index < -0.39 is 0 Å². The Hall–Kier alpha value is -2.41. The van der Waals surface area contributed by atoms with E-state index in [-0.39, 0.29) is 6.04 Å². The fraction of sp³-hybridized carbons (Fsp3) is 0.118. The van der Waals surface area contributed by atoms with Crippen molar-refractivity contribution in [1.82, 2.24) is 5.48 Å². The van der Waals surface area contributed by atoms with Crippen LogP contribution < -0.4 is 5.48 Å². The maximum absolute atomic E-state index is 8.94. The highest BCUT2D eigenvalue weighted by atomic mass is 16.5. The van der Waals surface area contributed by atoms with Crippen molar-refractivity contribution in [3.8, 4) is 17.2 Å². The van der Waals surface area contributed by atoms with Crippen molar-refractivity contribution in [2.45, 2.75) is 13.0 Å². The topological polar surface area (TPSA) is 56.0 Å². The van der Waals surface area contributed by atoms with Crippen LogP contribution in [0.15, 0.2) is 54.6 Å². The lowest BCUT2D eigenvalue weighted by Crippen LogP contribution is -2.18. The van der Waals surface area contributed by atoms with Gasteiger partial charge in [0.2, 0.25) is 0 Å². The van der Waals surface area contributed by atoms with Gasteiger partial charge >= 0.3 is 0 Å². The highest BCUT2D eigenvalue weighted by Crippen LogP contribution is 2.22. The minimum absolute atomic E-state index is 0.0967. The predicted molar refractivity (Wildman–Crippen MR) is 80.0 cm³/mol. The lowest BCUT2D eigenvalue weighted by Gasteiger charge is -2.05. The fourth-order valence-corrected chi connectivity index (χ4v) is 1.89. The van der Waals surface area contributed by atoms with Crippen LogP contribution >= 0.6 is 0 Å². The zero-order valence-electron chi connectivity index (χ0n) is 11.2. The van der Waals surface area contributed by atoms with E-state index in [1.165, 1.54) is 0 Å². The molecule has 1 atom stereocenters. The van der Waals surface area contributed by atoms with E-state index >= 15 is 0 Å². The third-order valence-corrected chi connectivity index (χ3v) is 2.99. The molecule has 0 saturated heterocycles. The van der Waals surface area contributed by atoms with E-state index in [4.69, 9.17) is 10.5 Å². The van der Waals surface area contributed by atoms with Gasteiger partial charge in [0, 0.05) is 6.04 Å². The molecule has 0 unspecified atom stereocenters. The van der Waals surface area contributed by atoms with Gasteiger partial charge in [0.05, 0.1) is 11.6 Å². The molecule has 2 aromatic rings. The first-order chi connectivity index (χ1) is 9.72. The lowest BCUT2D eigenvalue weighted by molar-refractivity contribution is 0.150. The second-order valence-corrected chi connectivity index (χ2v) is 4.59. The molecule has 0 bridgehead atoms. The van der Waals surface area contributed by atoms with Crippen molar-refractivity contribution in [3.63, 3.8) is 0 Å². The Morgan fingerprint density at radius 2 is 1.85 bits per heavy atom. The van der Waals surface area contributed by atoms with E-state index in [1.54, 1.807) is 6.07 Å². The zero-order valence-corrected chi connectivity index (χ0v) is 11.2. The SMILES string of the molecule is C[C@@H](/C=C/c1cccc(-c2cccc(C#N)c2)c1)NO. The van der Waals surface area contributed by atoms with Gasteiger partial charge in [-0.1, -0.05) is 42.5 Å². The molecular formula is C17H16N2O. The van der Waals surface area contributed by atoms with Crippen LogP contribution in [0.4, 0.5) is 0 Å². The van der Waals surface area contributed by atoms with Crippen LogP contribution in [-0.2, 0) is 0 Å². The number of benzene rings is 2. The third kappa shape index (κ3) is 3.55. The Balaban J connectivity index is 2.30. The molecule has 3 heteroatoms. The molecule has 0 heterocycles. The first-order valence-electron chi connectivity index (χ1n) is 6.41. The van der Waals surface area contributed by atoms with Crippen LogP contribution in [0.1, 0.15) is 18.1 Å². The third-order valence-electron chi connectivity index (χ3n) is 2.99. The standard InChI is InChI=1S/C17H16N2O/c1-13(19-20)8-9-14-4-2-6-16(10-14)17-7-3-5-15(11-17)12-18/h2-11,13,19-20H,1H3/b9-8+/t13-/m0/s1. The molecular weight excluding hydrogens is 248 g/mol. The van der Waals surface area contributed by atoms with Gasteiger partial charge in [0.1, 0.15) is 0 Å². The molecule has 2 N–H and O–H groups in total. The molecule has 2 aromatic carbocycles. The van der Waals surface area contributed by atoms with Gasteiger partial charge in [-0.05, 0) is 41.8 Å². The van der Waals surface area contributed by atoms with E-state index in [0.29, 0.717) is 5.56 Å². The summed E-state index contributed by atoms with van der Waals surface area (Å²) in [4.78, 5) is 0. The van der Waals surface area contributed by atoms with Crippen molar-refractivity contribution in [3.05, 3.63) is 65.7 Å². The molecule has 0 saturated carbocycles. The molecule has 0 aromatic heterocycles. The normalized spacial score (nSPS) is 12.2. The maximum atomic E-state index is 8.94. The van der Waals surface area contributed by atoms with Crippen molar-refractivity contribution in [2.24, 2.45) is 0 Å². The molecule has 2 rings (SSSR count). The highest BCUT2D eigenvalue weighted by Gasteiger charge is 2.00. The number of hydrogen-bond donors (Lipinski definition) is 2. The summed E-state index contributed by atoms with van der Waals surface area (Å²) in [5.41, 5.74) is 5.96. The monoisotopic (exact) mass is 264 g/mol. The molecule has 0 aliphatic heterocycles. The molecule has 0 aliphatic carbocycles. The van der Waals surface area contributed by atoms with Crippen LogP contribution in [0.5, 0.6) is 0 Å². The van der Waals surface area contributed by atoms with E-state index in [1.807, 2.05) is 55.5 Å². The van der Waals surface area contributed by atoms with Crippen molar-refractivity contribution < 1.29 is 5.21 Å². The minimum Gasteiger partial charge on any atom is -0.316 e. The molecule has 100 valence electrons. The Morgan fingerprint density at radius 3 is 2.55 bits per heavy atom. The Labute approximate surface area is 118 Å². The number of hydrogen-bond acceptors (Lipinski definition) is 3. The van der Waals surface area contributed by atoms with Gasteiger partial charge in [-0.2, -0.15) is 10.7 Å². The van der Waals surface area contributed by atoms with Crippen molar-refractivity contribution >= 4 is 6.08 Å². The lowest BCUT2D eigenvalue weighted by atomic mass is 10.0. The zero-order chi connectivity index (χ0) is 14.4. The highest BCUT2D eigenvalue weighted by molar-refractivity contribution is 5.68. The Kier molecular flexibility index (Phi) is 4.67. The van der Waals surface area contributed by atoms with Crippen LogP contribution in [-0.4, -0.2) is 11.2 Å². The van der Waals surface area contributed by atoms with Crippen LogP contribution in [0.3, 0.4) is 0 Å². The first-order valence-corrected chi connectivity index (χ1v) is 6.41. The molecule has 0 amide bonds. The minimum atomic E-state index is -0.0967. The van der Waals surface area contributed by atoms with Gasteiger partial charge in [-0.3, -0.25) is 0 Å². The Bertz CT molecular complexity index is 656. The van der Waals surface area contributed by atoms with Gasteiger partial charge in [0.15, 0.2) is 0 Å². The quantitative estimate of drug-likeness (QED) is 0.829. The van der Waals surface area contributed by atoms with Crippen molar-refractivity contribution in [1.29, 1.82) is 5.26 Å². The smallest absolute Gasteiger partial charge is 0.0991 e. The molecule has 0 aliphatic rings. The summed E-state index contributed by atoms with van der Waals surface area (Å²) in [7, 11) is 0. The predicted octanol–water partition coefficient (Wildman–Crippen LogP) is 3.61.